The number of rotatable bonds is 7. The zero-order valence-electron chi connectivity index (χ0n) is 13.0. The molecule has 1 atom stereocenters. The van der Waals surface area contributed by atoms with E-state index >= 15 is 0 Å². The van der Waals surface area contributed by atoms with E-state index in [4.69, 9.17) is 9.47 Å². The van der Waals surface area contributed by atoms with Gasteiger partial charge in [0.2, 0.25) is 0 Å². The molecule has 4 nitrogen and oxygen atoms in total. The van der Waals surface area contributed by atoms with Crippen LogP contribution < -0.4 is 14.8 Å². The van der Waals surface area contributed by atoms with Crippen molar-refractivity contribution < 1.29 is 9.47 Å². The monoisotopic (exact) mass is 306 g/mol. The molecule has 0 amide bonds. The van der Waals surface area contributed by atoms with Gasteiger partial charge in [-0.15, -0.1) is 11.3 Å². The average molecular weight is 306 g/mol. The second-order valence-corrected chi connectivity index (χ2v) is 6.14. The molecule has 21 heavy (non-hydrogen) atoms. The number of benzene rings is 1. The van der Waals surface area contributed by atoms with Gasteiger partial charge in [0.05, 0.1) is 17.0 Å². The standard InChI is InChI=1S/C16H22N2O2S/c1-5-17-11(2)15-7-6-13(19-4)8-16(15)20-10-14-9-18-12(3)21-14/h6-9,11,17H,5,10H2,1-4H3. The van der Waals surface area contributed by atoms with Crippen molar-refractivity contribution in [3.8, 4) is 11.5 Å². The molecule has 0 radical (unpaired) electrons. The van der Waals surface area contributed by atoms with Crippen molar-refractivity contribution in [3.05, 3.63) is 39.8 Å². The van der Waals surface area contributed by atoms with E-state index in [9.17, 15) is 0 Å². The zero-order valence-corrected chi connectivity index (χ0v) is 13.8. The first-order valence-corrected chi connectivity index (χ1v) is 7.91. The predicted molar refractivity (Wildman–Crippen MR) is 86.3 cm³/mol. The van der Waals surface area contributed by atoms with Gasteiger partial charge in [-0.3, -0.25) is 0 Å². The van der Waals surface area contributed by atoms with Crippen LogP contribution >= 0.6 is 11.3 Å². The summed E-state index contributed by atoms with van der Waals surface area (Å²) in [6.07, 6.45) is 1.87. The molecule has 114 valence electrons. The smallest absolute Gasteiger partial charge is 0.128 e. The Hall–Kier alpha value is -1.59. The van der Waals surface area contributed by atoms with Crippen molar-refractivity contribution in [2.24, 2.45) is 0 Å². The molecular formula is C16H22N2O2S. The third-order valence-corrected chi connectivity index (χ3v) is 4.12. The van der Waals surface area contributed by atoms with Crippen molar-refractivity contribution in [3.63, 3.8) is 0 Å². The molecule has 0 aliphatic rings. The first-order chi connectivity index (χ1) is 10.1. The predicted octanol–water partition coefficient (Wildman–Crippen LogP) is 3.71. The van der Waals surface area contributed by atoms with Gasteiger partial charge >= 0.3 is 0 Å². The maximum Gasteiger partial charge on any atom is 0.128 e. The maximum absolute atomic E-state index is 6.00. The van der Waals surface area contributed by atoms with E-state index in [0.29, 0.717) is 6.61 Å². The molecule has 0 fully saturated rings. The Bertz CT molecular complexity index is 583. The van der Waals surface area contributed by atoms with E-state index in [2.05, 4.69) is 30.2 Å². The Morgan fingerprint density at radius 1 is 1.38 bits per heavy atom. The van der Waals surface area contributed by atoms with E-state index in [-0.39, 0.29) is 6.04 Å². The molecule has 2 aromatic rings. The highest BCUT2D eigenvalue weighted by molar-refractivity contribution is 7.11. The summed E-state index contributed by atoms with van der Waals surface area (Å²) in [5.41, 5.74) is 1.14. The molecule has 1 heterocycles. The van der Waals surface area contributed by atoms with Crippen molar-refractivity contribution >= 4 is 11.3 Å². The summed E-state index contributed by atoms with van der Waals surface area (Å²) >= 11 is 1.66. The third kappa shape index (κ3) is 4.19. The largest absolute Gasteiger partial charge is 0.497 e. The highest BCUT2D eigenvalue weighted by Gasteiger charge is 2.13. The van der Waals surface area contributed by atoms with Crippen LogP contribution in [0.15, 0.2) is 24.4 Å². The van der Waals surface area contributed by atoms with Gasteiger partial charge in [-0.1, -0.05) is 13.0 Å². The fourth-order valence-electron chi connectivity index (χ4n) is 2.16. The molecule has 0 saturated carbocycles. The Morgan fingerprint density at radius 3 is 2.81 bits per heavy atom. The van der Waals surface area contributed by atoms with Gasteiger partial charge in [0.25, 0.3) is 0 Å². The number of aryl methyl sites for hydroxylation is 1. The lowest BCUT2D eigenvalue weighted by Crippen LogP contribution is -2.18. The number of thiazole rings is 1. The van der Waals surface area contributed by atoms with Crippen LogP contribution in [0.3, 0.4) is 0 Å². The SMILES string of the molecule is CCNC(C)c1ccc(OC)cc1OCc1cnc(C)s1. The number of nitrogens with one attached hydrogen (secondary N) is 1. The normalized spacial score (nSPS) is 12.2. The molecular weight excluding hydrogens is 284 g/mol. The Kier molecular flexibility index (Phi) is 5.59. The van der Waals surface area contributed by atoms with E-state index < -0.39 is 0 Å². The lowest BCUT2D eigenvalue weighted by Gasteiger charge is -2.18. The minimum atomic E-state index is 0.235. The van der Waals surface area contributed by atoms with E-state index in [1.54, 1.807) is 18.4 Å². The molecule has 1 unspecified atom stereocenters. The molecule has 1 N–H and O–H groups in total. The summed E-state index contributed by atoms with van der Waals surface area (Å²) in [5, 5.41) is 4.47. The van der Waals surface area contributed by atoms with Crippen molar-refractivity contribution in [1.29, 1.82) is 0 Å². The minimum Gasteiger partial charge on any atom is -0.497 e. The van der Waals surface area contributed by atoms with Crippen LogP contribution in [0.25, 0.3) is 0 Å². The highest BCUT2D eigenvalue weighted by atomic mass is 32.1. The average Bonchev–Trinajstić information content (AvgIpc) is 2.90. The van der Waals surface area contributed by atoms with Crippen LogP contribution in [0.4, 0.5) is 0 Å². The van der Waals surface area contributed by atoms with Crippen molar-refractivity contribution in [2.45, 2.75) is 33.4 Å². The summed E-state index contributed by atoms with van der Waals surface area (Å²) < 4.78 is 11.3. The Labute approximate surface area is 130 Å². The molecule has 2 rings (SSSR count). The quantitative estimate of drug-likeness (QED) is 0.847. The van der Waals surface area contributed by atoms with Gasteiger partial charge in [0.15, 0.2) is 0 Å². The Morgan fingerprint density at radius 2 is 2.19 bits per heavy atom. The van der Waals surface area contributed by atoms with Crippen LogP contribution in [-0.2, 0) is 6.61 Å². The van der Waals surface area contributed by atoms with Gasteiger partial charge in [0.1, 0.15) is 18.1 Å². The summed E-state index contributed by atoms with van der Waals surface area (Å²) in [6, 6.07) is 6.20. The third-order valence-electron chi connectivity index (χ3n) is 3.24. The molecule has 5 heteroatoms. The number of aromatic nitrogens is 1. The zero-order chi connectivity index (χ0) is 15.2. The molecule has 1 aromatic heterocycles. The summed E-state index contributed by atoms with van der Waals surface area (Å²) in [6.45, 7) is 7.68. The summed E-state index contributed by atoms with van der Waals surface area (Å²) in [4.78, 5) is 5.37. The number of hydrogen-bond donors (Lipinski definition) is 1. The summed E-state index contributed by atoms with van der Waals surface area (Å²) in [5.74, 6) is 1.66. The number of hydrogen-bond acceptors (Lipinski definition) is 5. The molecule has 0 saturated heterocycles. The lowest BCUT2D eigenvalue weighted by atomic mass is 10.1. The lowest BCUT2D eigenvalue weighted by molar-refractivity contribution is 0.300. The second kappa shape index (κ2) is 7.43. The minimum absolute atomic E-state index is 0.235. The van der Waals surface area contributed by atoms with E-state index in [1.807, 2.05) is 25.3 Å². The van der Waals surface area contributed by atoms with Gasteiger partial charge in [-0.2, -0.15) is 0 Å². The van der Waals surface area contributed by atoms with Crippen molar-refractivity contribution in [2.75, 3.05) is 13.7 Å². The molecule has 1 aromatic carbocycles. The van der Waals surface area contributed by atoms with Gasteiger partial charge in [0, 0.05) is 23.9 Å². The number of methoxy groups -OCH3 is 1. The van der Waals surface area contributed by atoms with E-state index in [1.165, 1.54) is 0 Å². The van der Waals surface area contributed by atoms with Crippen LogP contribution in [0, 0.1) is 6.92 Å². The van der Waals surface area contributed by atoms with Gasteiger partial charge in [-0.25, -0.2) is 4.98 Å². The van der Waals surface area contributed by atoms with Crippen LogP contribution in [0.1, 0.15) is 35.3 Å². The van der Waals surface area contributed by atoms with Crippen molar-refractivity contribution in [1.82, 2.24) is 10.3 Å². The molecule has 0 bridgehead atoms. The summed E-state index contributed by atoms with van der Waals surface area (Å²) in [7, 11) is 1.67. The fourth-order valence-corrected chi connectivity index (χ4v) is 2.87. The first-order valence-electron chi connectivity index (χ1n) is 7.09. The van der Waals surface area contributed by atoms with Crippen LogP contribution in [0.5, 0.6) is 11.5 Å². The molecule has 0 aliphatic carbocycles. The van der Waals surface area contributed by atoms with Crippen LogP contribution in [0.2, 0.25) is 0 Å². The second-order valence-electron chi connectivity index (χ2n) is 4.82. The maximum atomic E-state index is 6.00. The fraction of sp³-hybridized carbons (Fsp3) is 0.438. The number of nitrogens with zero attached hydrogens (tertiary/aromatic N) is 1. The number of ether oxygens (including phenoxy) is 2. The highest BCUT2D eigenvalue weighted by Crippen LogP contribution is 2.30. The Balaban J connectivity index is 2.17. The van der Waals surface area contributed by atoms with Crippen LogP contribution in [-0.4, -0.2) is 18.6 Å². The van der Waals surface area contributed by atoms with Gasteiger partial charge in [-0.05, 0) is 26.5 Å². The molecule has 0 aliphatic heterocycles. The first kappa shape index (κ1) is 15.8. The topological polar surface area (TPSA) is 43.4 Å². The van der Waals surface area contributed by atoms with Gasteiger partial charge < -0.3 is 14.8 Å². The van der Waals surface area contributed by atoms with E-state index in [0.717, 1.165) is 33.5 Å². The molecule has 0 spiro atoms.